The van der Waals surface area contributed by atoms with Crippen LogP contribution in [-0.4, -0.2) is 88.1 Å². The van der Waals surface area contributed by atoms with Crippen molar-refractivity contribution in [3.05, 3.63) is 0 Å². The van der Waals surface area contributed by atoms with Crippen LogP contribution in [-0.2, 0) is 4.79 Å². The van der Waals surface area contributed by atoms with Gasteiger partial charge >= 0.3 is 0 Å². The maximum Gasteiger partial charge on any atom is 0.248 e. The highest BCUT2D eigenvalue weighted by Crippen LogP contribution is 2.43. The molecule has 1 amide bonds. The van der Waals surface area contributed by atoms with Crippen LogP contribution >= 0.6 is 0 Å². The Morgan fingerprint density at radius 2 is 1.73 bits per heavy atom. The van der Waals surface area contributed by atoms with E-state index in [1.54, 1.807) is 0 Å². The van der Waals surface area contributed by atoms with Crippen molar-refractivity contribution in [2.24, 2.45) is 5.92 Å². The topological polar surface area (TPSA) is 47.0 Å². The van der Waals surface area contributed by atoms with Crippen LogP contribution in [0.2, 0.25) is 0 Å². The quantitative estimate of drug-likeness (QED) is 0.800. The monoisotopic (exact) mass is 371 g/mol. The molecule has 7 heteroatoms. The minimum Gasteiger partial charge on any atom is -0.392 e. The molecule has 2 unspecified atom stereocenters. The minimum absolute atomic E-state index is 0.00974. The molecular weight excluding hydrogens is 340 g/mol. The summed E-state index contributed by atoms with van der Waals surface area (Å²) in [4.78, 5) is 19.3. The van der Waals surface area contributed by atoms with Gasteiger partial charge in [0.15, 0.2) is 0 Å². The number of alkyl halides is 2. The van der Waals surface area contributed by atoms with Gasteiger partial charge < -0.3 is 10.0 Å². The van der Waals surface area contributed by atoms with Gasteiger partial charge in [-0.3, -0.25) is 14.6 Å². The van der Waals surface area contributed by atoms with E-state index < -0.39 is 5.92 Å². The van der Waals surface area contributed by atoms with Crippen LogP contribution in [0.15, 0.2) is 0 Å². The van der Waals surface area contributed by atoms with Crippen molar-refractivity contribution in [3.63, 3.8) is 0 Å². The van der Waals surface area contributed by atoms with Crippen LogP contribution in [0.5, 0.6) is 0 Å². The molecule has 4 aliphatic rings. The summed E-state index contributed by atoms with van der Waals surface area (Å²) in [5.41, 5.74) is -0.106. The average molecular weight is 371 g/mol. The molecule has 0 bridgehead atoms. The van der Waals surface area contributed by atoms with Crippen molar-refractivity contribution >= 4 is 5.91 Å². The number of fused-ring (bicyclic) bond motifs is 2. The number of halogens is 2. The zero-order chi connectivity index (χ0) is 18.7. The second-order valence-corrected chi connectivity index (χ2v) is 9.29. The number of rotatable bonds is 2. The molecule has 0 aromatic rings. The SMILES string of the molecule is CC(C)C(=O)N1CC2CC(O)CN2C2(C1)CN(C1CCC(F)(F)CC1)C2. The van der Waals surface area contributed by atoms with Crippen LogP contribution < -0.4 is 0 Å². The normalized spacial score (nSPS) is 34.9. The van der Waals surface area contributed by atoms with E-state index in [0.717, 1.165) is 19.5 Å². The molecule has 2 atom stereocenters. The van der Waals surface area contributed by atoms with Crippen LogP contribution in [0, 0.1) is 5.92 Å². The Hall–Kier alpha value is -0.790. The summed E-state index contributed by atoms with van der Waals surface area (Å²) in [6.45, 7) is 7.59. The summed E-state index contributed by atoms with van der Waals surface area (Å²) < 4.78 is 26.9. The molecule has 1 aliphatic carbocycles. The van der Waals surface area contributed by atoms with Crippen LogP contribution in [0.1, 0.15) is 46.0 Å². The lowest BCUT2D eigenvalue weighted by molar-refractivity contribution is -0.160. The van der Waals surface area contributed by atoms with Crippen molar-refractivity contribution in [2.45, 2.75) is 75.6 Å². The van der Waals surface area contributed by atoms with Gasteiger partial charge in [-0.15, -0.1) is 0 Å². The molecule has 3 aliphatic heterocycles. The Balaban J connectivity index is 1.45. The van der Waals surface area contributed by atoms with Gasteiger partial charge in [0.1, 0.15) is 0 Å². The summed E-state index contributed by atoms with van der Waals surface area (Å²) in [5, 5.41) is 10.2. The van der Waals surface area contributed by atoms with Crippen molar-refractivity contribution in [3.8, 4) is 0 Å². The number of carbonyl (C=O) groups excluding carboxylic acids is 1. The fourth-order valence-corrected chi connectivity index (χ4v) is 5.58. The molecule has 5 nitrogen and oxygen atoms in total. The number of nitrogens with zero attached hydrogens (tertiary/aromatic N) is 3. The first-order valence-corrected chi connectivity index (χ1v) is 10.0. The second-order valence-electron chi connectivity index (χ2n) is 9.29. The molecular formula is C19H31F2N3O2. The molecule has 0 aromatic carbocycles. The van der Waals surface area contributed by atoms with Crippen molar-refractivity contribution in [1.82, 2.24) is 14.7 Å². The second kappa shape index (κ2) is 6.38. The number of amides is 1. The molecule has 0 aromatic heterocycles. The maximum atomic E-state index is 13.4. The summed E-state index contributed by atoms with van der Waals surface area (Å²) in [5.74, 6) is -2.34. The molecule has 1 N–H and O–H groups in total. The summed E-state index contributed by atoms with van der Waals surface area (Å²) in [7, 11) is 0. The molecule has 0 radical (unpaired) electrons. The lowest BCUT2D eigenvalue weighted by Crippen LogP contribution is -2.79. The first kappa shape index (κ1) is 18.6. The molecule has 4 rings (SSSR count). The van der Waals surface area contributed by atoms with Gasteiger partial charge in [-0.05, 0) is 19.3 Å². The summed E-state index contributed by atoms with van der Waals surface area (Å²) in [6, 6.07) is 0.460. The molecule has 26 heavy (non-hydrogen) atoms. The first-order chi connectivity index (χ1) is 12.2. The Morgan fingerprint density at radius 1 is 1.08 bits per heavy atom. The number of carbonyl (C=O) groups is 1. The van der Waals surface area contributed by atoms with Crippen molar-refractivity contribution in [2.75, 3.05) is 32.7 Å². The van der Waals surface area contributed by atoms with Gasteiger partial charge in [0.2, 0.25) is 11.8 Å². The number of likely N-dealkylation sites (tertiary alicyclic amines) is 1. The van der Waals surface area contributed by atoms with Crippen molar-refractivity contribution < 1.29 is 18.7 Å². The van der Waals surface area contributed by atoms with E-state index in [2.05, 4.69) is 9.80 Å². The van der Waals surface area contributed by atoms with Gasteiger partial charge in [0.25, 0.3) is 0 Å². The molecule has 3 heterocycles. The first-order valence-electron chi connectivity index (χ1n) is 10.0. The van der Waals surface area contributed by atoms with Crippen LogP contribution in [0.4, 0.5) is 8.78 Å². The molecule has 148 valence electrons. The number of hydrogen-bond donors (Lipinski definition) is 1. The number of aliphatic hydroxyl groups excluding tert-OH is 1. The molecule has 4 fully saturated rings. The minimum atomic E-state index is -2.49. The highest BCUT2D eigenvalue weighted by Gasteiger charge is 2.58. The lowest BCUT2D eigenvalue weighted by atomic mass is 9.79. The van der Waals surface area contributed by atoms with Gasteiger partial charge in [-0.2, -0.15) is 0 Å². The van der Waals surface area contributed by atoms with Crippen LogP contribution in [0.25, 0.3) is 0 Å². The van der Waals surface area contributed by atoms with E-state index in [1.165, 1.54) is 0 Å². The van der Waals surface area contributed by atoms with E-state index in [1.807, 2.05) is 18.7 Å². The largest absolute Gasteiger partial charge is 0.392 e. The third-order valence-electron chi connectivity index (χ3n) is 6.92. The van der Waals surface area contributed by atoms with Gasteiger partial charge in [-0.25, -0.2) is 8.78 Å². The Morgan fingerprint density at radius 3 is 2.35 bits per heavy atom. The van der Waals surface area contributed by atoms with Gasteiger partial charge in [-0.1, -0.05) is 13.8 Å². The zero-order valence-electron chi connectivity index (χ0n) is 15.8. The molecule has 1 spiro atoms. The molecule has 3 saturated heterocycles. The third-order valence-corrected chi connectivity index (χ3v) is 6.92. The van der Waals surface area contributed by atoms with E-state index in [-0.39, 0.29) is 48.4 Å². The highest BCUT2D eigenvalue weighted by atomic mass is 19.3. The smallest absolute Gasteiger partial charge is 0.248 e. The Bertz CT molecular complexity index is 555. The van der Waals surface area contributed by atoms with Gasteiger partial charge in [0.05, 0.1) is 11.6 Å². The fourth-order valence-electron chi connectivity index (χ4n) is 5.58. The maximum absolute atomic E-state index is 13.4. The van der Waals surface area contributed by atoms with E-state index in [0.29, 0.717) is 32.5 Å². The number of piperazine rings is 1. The lowest BCUT2D eigenvalue weighted by Gasteiger charge is -2.63. The van der Waals surface area contributed by atoms with E-state index in [4.69, 9.17) is 0 Å². The third kappa shape index (κ3) is 3.16. The van der Waals surface area contributed by atoms with Gasteiger partial charge in [0, 0.05) is 63.6 Å². The average Bonchev–Trinajstić information content (AvgIpc) is 2.91. The highest BCUT2D eigenvalue weighted by molar-refractivity contribution is 5.78. The predicted molar refractivity (Wildman–Crippen MR) is 94.0 cm³/mol. The number of β-amino-alcohol motifs (C(OH)–C–C–N with tert-alkyl or cyclic N) is 1. The fraction of sp³-hybridized carbons (Fsp3) is 0.947. The standard InChI is InChI=1S/C19H31F2N3O2/c1-13(2)17(26)22-8-15-7-16(25)9-24(15)18(10-22)11-23(12-18)14-3-5-19(20,21)6-4-14/h13-16,25H,3-12H2,1-2H3. The van der Waals surface area contributed by atoms with E-state index in [9.17, 15) is 18.7 Å². The molecule has 1 saturated carbocycles. The zero-order valence-corrected chi connectivity index (χ0v) is 15.8. The number of aliphatic hydroxyl groups is 1. The van der Waals surface area contributed by atoms with E-state index >= 15 is 0 Å². The number of hydrogen-bond acceptors (Lipinski definition) is 4. The van der Waals surface area contributed by atoms with Crippen molar-refractivity contribution in [1.29, 1.82) is 0 Å². The Kier molecular flexibility index (Phi) is 4.56. The van der Waals surface area contributed by atoms with Crippen LogP contribution in [0.3, 0.4) is 0 Å². The summed E-state index contributed by atoms with van der Waals surface area (Å²) >= 11 is 0. The summed E-state index contributed by atoms with van der Waals surface area (Å²) in [6.07, 6.45) is 1.50. The predicted octanol–water partition coefficient (Wildman–Crippen LogP) is 1.55. The Labute approximate surface area is 154 Å².